The molecule has 1 saturated heterocycles. The van der Waals surface area contributed by atoms with Crippen molar-refractivity contribution in [3.8, 4) is 0 Å². The van der Waals surface area contributed by atoms with Crippen LogP contribution in [0.5, 0.6) is 0 Å². The van der Waals surface area contributed by atoms with Gasteiger partial charge in [-0.25, -0.2) is 0 Å². The van der Waals surface area contributed by atoms with Gasteiger partial charge in [0.15, 0.2) is 0 Å². The van der Waals surface area contributed by atoms with E-state index in [4.69, 9.17) is 0 Å². The van der Waals surface area contributed by atoms with Gasteiger partial charge in [-0.05, 0) is 17.2 Å². The average Bonchev–Trinajstić information content (AvgIpc) is 2.99. The summed E-state index contributed by atoms with van der Waals surface area (Å²) in [4.78, 5) is 12.8. The van der Waals surface area contributed by atoms with E-state index in [9.17, 15) is 23.3 Å². The Labute approximate surface area is 143 Å². The van der Waals surface area contributed by atoms with Gasteiger partial charge in [0.25, 0.3) is 0 Å². The summed E-state index contributed by atoms with van der Waals surface area (Å²) in [6.07, 6.45) is -4.52. The third-order valence-corrected chi connectivity index (χ3v) is 4.55. The Morgan fingerprint density at radius 3 is 2.32 bits per heavy atom. The third-order valence-electron chi connectivity index (χ3n) is 4.55. The molecule has 0 aliphatic carbocycles. The van der Waals surface area contributed by atoms with Gasteiger partial charge in [-0.3, -0.25) is 15.0 Å². The molecule has 1 heterocycles. The van der Waals surface area contributed by atoms with E-state index in [0.29, 0.717) is 6.54 Å². The molecule has 4 nitrogen and oxygen atoms in total. The largest absolute Gasteiger partial charge is 0.416 e. The van der Waals surface area contributed by atoms with E-state index in [1.165, 1.54) is 18.2 Å². The minimum Gasteiger partial charge on any atom is -0.292 e. The summed E-state index contributed by atoms with van der Waals surface area (Å²) in [5.74, 6) is -0.781. The van der Waals surface area contributed by atoms with E-state index in [-0.39, 0.29) is 18.7 Å². The molecule has 2 aromatic carbocycles. The van der Waals surface area contributed by atoms with Crippen LogP contribution in [-0.2, 0) is 12.7 Å². The molecule has 7 heteroatoms. The lowest BCUT2D eigenvalue weighted by molar-refractivity contribution is -0.521. The normalized spacial score (nSPS) is 21.4. The zero-order valence-corrected chi connectivity index (χ0v) is 13.3. The molecule has 0 radical (unpaired) electrons. The molecule has 132 valence electrons. The van der Waals surface area contributed by atoms with Crippen molar-refractivity contribution in [3.63, 3.8) is 0 Å². The average molecular weight is 350 g/mol. The molecule has 1 aliphatic rings. The third kappa shape index (κ3) is 3.82. The molecule has 2 atom stereocenters. The number of hydrogen-bond acceptors (Lipinski definition) is 3. The standard InChI is InChI=1S/C18H17F3N2O2/c19-18(20,21)16-9-5-4-8-14(16)15-11-22(12-17(15)23(24)25)10-13-6-2-1-3-7-13/h1-9,15,17H,10-12H2. The Balaban J connectivity index is 1.89. The number of hydrogen-bond donors (Lipinski definition) is 0. The van der Waals surface area contributed by atoms with Gasteiger partial charge in [-0.2, -0.15) is 13.2 Å². The highest BCUT2D eigenvalue weighted by Crippen LogP contribution is 2.39. The van der Waals surface area contributed by atoms with Crippen molar-refractivity contribution in [2.24, 2.45) is 0 Å². The predicted octanol–water partition coefficient (Wildman–Crippen LogP) is 3.95. The SMILES string of the molecule is O=[N+]([O-])C1CN(Cc2ccccc2)CC1c1ccccc1C(F)(F)F. The molecule has 0 bridgehead atoms. The monoisotopic (exact) mass is 350 g/mol. The van der Waals surface area contributed by atoms with Crippen molar-refractivity contribution in [1.82, 2.24) is 4.90 Å². The van der Waals surface area contributed by atoms with Crippen LogP contribution in [0.2, 0.25) is 0 Å². The topological polar surface area (TPSA) is 46.4 Å². The maximum absolute atomic E-state index is 13.3. The Hall–Kier alpha value is -2.41. The van der Waals surface area contributed by atoms with Crippen molar-refractivity contribution in [3.05, 3.63) is 81.4 Å². The van der Waals surface area contributed by atoms with Gasteiger partial charge < -0.3 is 0 Å². The first-order valence-electron chi connectivity index (χ1n) is 7.92. The van der Waals surface area contributed by atoms with Gasteiger partial charge in [0.2, 0.25) is 6.04 Å². The number of nitrogens with zero attached hydrogens (tertiary/aromatic N) is 2. The number of rotatable bonds is 4. The van der Waals surface area contributed by atoms with Crippen molar-refractivity contribution in [1.29, 1.82) is 0 Å². The highest BCUT2D eigenvalue weighted by molar-refractivity contribution is 5.35. The lowest BCUT2D eigenvalue weighted by Crippen LogP contribution is -2.29. The van der Waals surface area contributed by atoms with Crippen LogP contribution in [0.3, 0.4) is 0 Å². The Morgan fingerprint density at radius 1 is 1.04 bits per heavy atom. The van der Waals surface area contributed by atoms with Crippen LogP contribution < -0.4 is 0 Å². The number of alkyl halides is 3. The highest BCUT2D eigenvalue weighted by Gasteiger charge is 2.45. The molecule has 25 heavy (non-hydrogen) atoms. The Bertz CT molecular complexity index is 749. The van der Waals surface area contributed by atoms with Crippen LogP contribution >= 0.6 is 0 Å². The number of nitro groups is 1. The van der Waals surface area contributed by atoms with E-state index in [1.807, 2.05) is 35.2 Å². The Morgan fingerprint density at radius 2 is 1.68 bits per heavy atom. The summed E-state index contributed by atoms with van der Waals surface area (Å²) in [6.45, 7) is 0.849. The van der Waals surface area contributed by atoms with Gasteiger partial charge in [0, 0.05) is 18.0 Å². The number of benzene rings is 2. The molecular weight excluding hydrogens is 333 g/mol. The van der Waals surface area contributed by atoms with Crippen LogP contribution in [0.15, 0.2) is 54.6 Å². The zero-order valence-electron chi connectivity index (χ0n) is 13.3. The van der Waals surface area contributed by atoms with E-state index < -0.39 is 28.6 Å². The summed E-state index contributed by atoms with van der Waals surface area (Å²) in [6, 6.07) is 13.5. The van der Waals surface area contributed by atoms with Crippen molar-refractivity contribution in [2.45, 2.75) is 24.7 Å². The van der Waals surface area contributed by atoms with Crippen molar-refractivity contribution >= 4 is 0 Å². The molecule has 2 unspecified atom stereocenters. The second kappa shape index (κ2) is 6.84. The lowest BCUT2D eigenvalue weighted by atomic mass is 9.90. The van der Waals surface area contributed by atoms with Crippen molar-refractivity contribution < 1.29 is 18.1 Å². The van der Waals surface area contributed by atoms with Gasteiger partial charge in [-0.15, -0.1) is 0 Å². The van der Waals surface area contributed by atoms with E-state index >= 15 is 0 Å². The molecule has 0 spiro atoms. The molecular formula is C18H17F3N2O2. The predicted molar refractivity (Wildman–Crippen MR) is 86.7 cm³/mol. The molecule has 0 saturated carbocycles. The van der Waals surface area contributed by atoms with Crippen molar-refractivity contribution in [2.75, 3.05) is 13.1 Å². The first-order valence-corrected chi connectivity index (χ1v) is 7.92. The second-order valence-electron chi connectivity index (χ2n) is 6.22. The van der Waals surface area contributed by atoms with Gasteiger partial charge in [-0.1, -0.05) is 48.5 Å². The molecule has 1 fully saturated rings. The number of likely N-dealkylation sites (tertiary alicyclic amines) is 1. The van der Waals surface area contributed by atoms with Crippen LogP contribution in [0.25, 0.3) is 0 Å². The summed E-state index contributed by atoms with van der Waals surface area (Å²) >= 11 is 0. The van der Waals surface area contributed by atoms with Crippen LogP contribution in [0.1, 0.15) is 22.6 Å². The van der Waals surface area contributed by atoms with Crippen LogP contribution in [0, 0.1) is 10.1 Å². The second-order valence-corrected chi connectivity index (χ2v) is 6.22. The van der Waals surface area contributed by atoms with Gasteiger partial charge >= 0.3 is 6.18 Å². The molecule has 0 amide bonds. The summed E-state index contributed by atoms with van der Waals surface area (Å²) in [7, 11) is 0. The van der Waals surface area contributed by atoms with Crippen LogP contribution in [-0.4, -0.2) is 29.0 Å². The fourth-order valence-corrected chi connectivity index (χ4v) is 3.43. The zero-order chi connectivity index (χ0) is 18.0. The summed E-state index contributed by atoms with van der Waals surface area (Å²) in [5.41, 5.74) is 0.204. The molecule has 3 rings (SSSR count). The summed E-state index contributed by atoms with van der Waals surface area (Å²) in [5, 5.41) is 11.4. The Kier molecular flexibility index (Phi) is 4.76. The lowest BCUT2D eigenvalue weighted by Gasteiger charge is -2.19. The fourth-order valence-electron chi connectivity index (χ4n) is 3.43. The smallest absolute Gasteiger partial charge is 0.292 e. The first kappa shape index (κ1) is 17.4. The maximum atomic E-state index is 13.3. The fraction of sp³-hybridized carbons (Fsp3) is 0.333. The van der Waals surface area contributed by atoms with Gasteiger partial charge in [0.05, 0.1) is 18.0 Å². The first-order chi connectivity index (χ1) is 11.9. The number of halogens is 3. The highest BCUT2D eigenvalue weighted by atomic mass is 19.4. The van der Waals surface area contributed by atoms with E-state index in [0.717, 1.165) is 11.6 Å². The van der Waals surface area contributed by atoms with E-state index in [1.54, 1.807) is 0 Å². The van der Waals surface area contributed by atoms with Gasteiger partial charge in [0.1, 0.15) is 0 Å². The quantitative estimate of drug-likeness (QED) is 0.620. The minimum absolute atomic E-state index is 0.00672. The summed E-state index contributed by atoms with van der Waals surface area (Å²) < 4.78 is 39.9. The molecule has 0 N–H and O–H groups in total. The molecule has 0 aromatic heterocycles. The molecule has 1 aliphatic heterocycles. The minimum atomic E-state index is -4.52. The van der Waals surface area contributed by atoms with Crippen LogP contribution in [0.4, 0.5) is 13.2 Å². The molecule has 2 aromatic rings. The van der Waals surface area contributed by atoms with E-state index in [2.05, 4.69) is 0 Å². The maximum Gasteiger partial charge on any atom is 0.416 e.